The number of hydrogen-bond donors (Lipinski definition) is 1. The van der Waals surface area contributed by atoms with E-state index in [9.17, 15) is 9.59 Å². The monoisotopic (exact) mass is 256 g/mol. The number of carboxylic acids is 1. The van der Waals surface area contributed by atoms with Crippen molar-refractivity contribution >= 4 is 16.9 Å². The Hall–Kier alpha value is -2.61. The summed E-state index contributed by atoms with van der Waals surface area (Å²) < 4.78 is 1.35. The fourth-order valence-corrected chi connectivity index (χ4v) is 1.88. The Morgan fingerprint density at radius 1 is 1.42 bits per heavy atom. The summed E-state index contributed by atoms with van der Waals surface area (Å²) >= 11 is 0. The lowest BCUT2D eigenvalue weighted by molar-refractivity contribution is -0.137. The molecule has 1 aromatic carbocycles. The average molecular weight is 256 g/mol. The largest absolute Gasteiger partial charge is 0.481 e. The molecular formula is C14H12N2O3. The highest BCUT2D eigenvalue weighted by Gasteiger charge is 2.11. The molecule has 5 heteroatoms. The minimum atomic E-state index is -0.935. The number of aliphatic carboxylic acids is 1. The number of carboxylic acid groups (broad SMARTS) is 1. The Morgan fingerprint density at radius 3 is 2.84 bits per heavy atom. The van der Waals surface area contributed by atoms with Gasteiger partial charge in [0.1, 0.15) is 5.82 Å². The van der Waals surface area contributed by atoms with Gasteiger partial charge < -0.3 is 5.11 Å². The van der Waals surface area contributed by atoms with Crippen LogP contribution in [0.4, 0.5) is 0 Å². The molecule has 1 heterocycles. The highest BCUT2D eigenvalue weighted by atomic mass is 16.4. The van der Waals surface area contributed by atoms with Crippen LogP contribution >= 0.6 is 0 Å². The number of rotatable bonds is 4. The molecule has 0 aliphatic rings. The van der Waals surface area contributed by atoms with Gasteiger partial charge in [-0.05, 0) is 12.1 Å². The predicted octanol–water partition coefficient (Wildman–Crippen LogP) is 1.05. The van der Waals surface area contributed by atoms with E-state index in [0.29, 0.717) is 16.7 Å². The molecule has 1 aromatic heterocycles. The van der Waals surface area contributed by atoms with Gasteiger partial charge in [0.2, 0.25) is 0 Å². The lowest BCUT2D eigenvalue weighted by Gasteiger charge is -2.10. The van der Waals surface area contributed by atoms with Crippen molar-refractivity contribution in [3.63, 3.8) is 0 Å². The molecule has 2 aromatic rings. The summed E-state index contributed by atoms with van der Waals surface area (Å²) in [4.78, 5) is 27.2. The van der Waals surface area contributed by atoms with Gasteiger partial charge >= 0.3 is 5.97 Å². The zero-order valence-corrected chi connectivity index (χ0v) is 10.2. The number of para-hydroxylation sites is 1. The summed E-state index contributed by atoms with van der Waals surface area (Å²) in [7, 11) is 0. The van der Waals surface area contributed by atoms with E-state index < -0.39 is 5.97 Å². The molecule has 0 amide bonds. The van der Waals surface area contributed by atoms with E-state index in [2.05, 4.69) is 10.9 Å². The van der Waals surface area contributed by atoms with Crippen LogP contribution < -0.4 is 5.56 Å². The normalized spacial score (nSPS) is 10.3. The van der Waals surface area contributed by atoms with Crippen LogP contribution in [0, 0.1) is 12.3 Å². The molecule has 0 unspecified atom stereocenters. The maximum atomic E-state index is 12.3. The number of hydrogen-bond acceptors (Lipinski definition) is 3. The molecule has 96 valence electrons. The van der Waals surface area contributed by atoms with E-state index in [0.717, 1.165) is 0 Å². The second kappa shape index (κ2) is 5.36. The maximum Gasteiger partial charge on any atom is 0.303 e. The summed E-state index contributed by atoms with van der Waals surface area (Å²) in [5, 5.41) is 9.21. The van der Waals surface area contributed by atoms with Gasteiger partial charge in [0.05, 0.1) is 23.9 Å². The SMILES string of the molecule is C#CCn1c(CCC(=O)O)nc2ccccc2c1=O. The van der Waals surface area contributed by atoms with E-state index in [4.69, 9.17) is 11.5 Å². The fourth-order valence-electron chi connectivity index (χ4n) is 1.88. The molecule has 0 radical (unpaired) electrons. The van der Waals surface area contributed by atoms with Crippen molar-refractivity contribution in [2.45, 2.75) is 19.4 Å². The summed E-state index contributed by atoms with van der Waals surface area (Å²) in [6.45, 7) is 0.0889. The standard InChI is InChI=1S/C14H12N2O3/c1-2-9-16-12(7-8-13(17)18)15-11-6-4-3-5-10(11)14(16)19/h1,3-6H,7-9H2,(H,17,18). The van der Waals surface area contributed by atoms with Crippen molar-refractivity contribution in [1.29, 1.82) is 0 Å². The average Bonchev–Trinajstić information content (AvgIpc) is 2.40. The zero-order valence-electron chi connectivity index (χ0n) is 10.2. The van der Waals surface area contributed by atoms with E-state index in [1.165, 1.54) is 4.57 Å². The molecule has 0 atom stereocenters. The quantitative estimate of drug-likeness (QED) is 0.830. The highest BCUT2D eigenvalue weighted by Crippen LogP contribution is 2.09. The van der Waals surface area contributed by atoms with Crippen LogP contribution in [0.3, 0.4) is 0 Å². The first-order chi connectivity index (χ1) is 9.13. The van der Waals surface area contributed by atoms with Gasteiger partial charge in [0, 0.05) is 6.42 Å². The molecule has 19 heavy (non-hydrogen) atoms. The smallest absolute Gasteiger partial charge is 0.303 e. The van der Waals surface area contributed by atoms with E-state index in [1.807, 2.05) is 0 Å². The van der Waals surface area contributed by atoms with Gasteiger partial charge in [-0.3, -0.25) is 14.2 Å². The van der Waals surface area contributed by atoms with Gasteiger partial charge in [0.25, 0.3) is 5.56 Å². The molecule has 5 nitrogen and oxygen atoms in total. The van der Waals surface area contributed by atoms with Crippen molar-refractivity contribution in [2.24, 2.45) is 0 Å². The fraction of sp³-hybridized carbons (Fsp3) is 0.214. The first-order valence-electron chi connectivity index (χ1n) is 5.77. The molecular weight excluding hydrogens is 244 g/mol. The summed E-state index contributed by atoms with van der Waals surface area (Å²) in [6, 6.07) is 6.93. The second-order valence-electron chi connectivity index (χ2n) is 4.03. The van der Waals surface area contributed by atoms with Crippen molar-refractivity contribution in [3.8, 4) is 12.3 Å². The Balaban J connectivity index is 2.60. The number of benzene rings is 1. The van der Waals surface area contributed by atoms with Gasteiger partial charge in [-0.1, -0.05) is 18.1 Å². The first-order valence-corrected chi connectivity index (χ1v) is 5.77. The number of nitrogens with zero attached hydrogens (tertiary/aromatic N) is 2. The first kappa shape index (κ1) is 12.8. The van der Waals surface area contributed by atoms with Crippen LogP contribution in [0.25, 0.3) is 10.9 Å². The van der Waals surface area contributed by atoms with Crippen molar-refractivity contribution in [3.05, 3.63) is 40.4 Å². The third kappa shape index (κ3) is 2.63. The number of fused-ring (bicyclic) bond motifs is 1. The van der Waals surface area contributed by atoms with Crippen LogP contribution in [0.1, 0.15) is 12.2 Å². The van der Waals surface area contributed by atoms with Crippen molar-refractivity contribution < 1.29 is 9.90 Å². The van der Waals surface area contributed by atoms with Gasteiger partial charge in [-0.25, -0.2) is 4.98 Å². The lowest BCUT2D eigenvalue weighted by atomic mass is 10.2. The summed E-state index contributed by atoms with van der Waals surface area (Å²) in [6.07, 6.45) is 5.33. The molecule has 1 N–H and O–H groups in total. The van der Waals surface area contributed by atoms with Crippen LogP contribution in [0.2, 0.25) is 0 Å². The molecule has 0 aliphatic carbocycles. The third-order valence-electron chi connectivity index (χ3n) is 2.75. The topological polar surface area (TPSA) is 72.2 Å². The Bertz CT molecular complexity index is 726. The number of aromatic nitrogens is 2. The van der Waals surface area contributed by atoms with Crippen LogP contribution in [0.15, 0.2) is 29.1 Å². The Labute approximate surface area is 109 Å². The third-order valence-corrected chi connectivity index (χ3v) is 2.75. The van der Waals surface area contributed by atoms with E-state index in [1.54, 1.807) is 24.3 Å². The molecule has 0 fully saturated rings. The number of terminal acetylenes is 1. The molecule has 0 saturated heterocycles. The summed E-state index contributed by atoms with van der Waals surface area (Å²) in [5.74, 6) is 1.86. The molecule has 0 spiro atoms. The van der Waals surface area contributed by atoms with Gasteiger partial charge in [-0.15, -0.1) is 6.42 Å². The highest BCUT2D eigenvalue weighted by molar-refractivity contribution is 5.77. The predicted molar refractivity (Wildman–Crippen MR) is 70.8 cm³/mol. The maximum absolute atomic E-state index is 12.3. The van der Waals surface area contributed by atoms with E-state index in [-0.39, 0.29) is 24.9 Å². The van der Waals surface area contributed by atoms with Crippen molar-refractivity contribution in [2.75, 3.05) is 0 Å². The Morgan fingerprint density at radius 2 is 2.16 bits per heavy atom. The molecule has 0 bridgehead atoms. The lowest BCUT2D eigenvalue weighted by Crippen LogP contribution is -2.25. The zero-order chi connectivity index (χ0) is 13.8. The Kier molecular flexibility index (Phi) is 3.62. The van der Waals surface area contributed by atoms with Gasteiger partial charge in [-0.2, -0.15) is 0 Å². The second-order valence-corrected chi connectivity index (χ2v) is 4.03. The summed E-state index contributed by atoms with van der Waals surface area (Å²) in [5.41, 5.74) is 0.324. The number of carbonyl (C=O) groups is 1. The van der Waals surface area contributed by atoms with Crippen LogP contribution in [-0.2, 0) is 17.8 Å². The van der Waals surface area contributed by atoms with Crippen LogP contribution in [-0.4, -0.2) is 20.6 Å². The van der Waals surface area contributed by atoms with Crippen LogP contribution in [0.5, 0.6) is 0 Å². The van der Waals surface area contributed by atoms with E-state index >= 15 is 0 Å². The molecule has 0 aliphatic heterocycles. The van der Waals surface area contributed by atoms with Gasteiger partial charge in [0.15, 0.2) is 0 Å². The minimum Gasteiger partial charge on any atom is -0.481 e. The minimum absolute atomic E-state index is 0.0879. The van der Waals surface area contributed by atoms with Crippen molar-refractivity contribution in [1.82, 2.24) is 9.55 Å². The molecule has 0 saturated carbocycles. The number of aryl methyl sites for hydroxylation is 1. The molecule has 2 rings (SSSR count).